The summed E-state index contributed by atoms with van der Waals surface area (Å²) in [4.78, 5) is 12.6. The number of nitrogens with zero attached hydrogens (tertiary/aromatic N) is 3. The van der Waals surface area contributed by atoms with Crippen molar-refractivity contribution in [2.45, 2.75) is 16.3 Å². The van der Waals surface area contributed by atoms with Crippen molar-refractivity contribution < 1.29 is 9.47 Å². The summed E-state index contributed by atoms with van der Waals surface area (Å²) in [7, 11) is 0. The first-order valence-corrected chi connectivity index (χ1v) is 11.5. The van der Waals surface area contributed by atoms with Gasteiger partial charge in [0, 0.05) is 48.1 Å². The second kappa shape index (κ2) is 7.94. The molecule has 1 fully saturated rings. The highest BCUT2D eigenvalue weighted by atomic mass is 32.2. The average Bonchev–Trinajstić information content (AvgIpc) is 3.20. The number of hydrogen-bond donors (Lipinski definition) is 0. The highest BCUT2D eigenvalue weighted by Crippen LogP contribution is 2.40. The second-order valence-electron chi connectivity index (χ2n) is 7.95. The molecule has 6 heteroatoms. The van der Waals surface area contributed by atoms with Crippen LogP contribution in [0.5, 0.6) is 11.5 Å². The minimum absolute atomic E-state index is 0.322. The fourth-order valence-corrected chi connectivity index (χ4v) is 5.34. The summed E-state index contributed by atoms with van der Waals surface area (Å²) < 4.78 is 11.0. The molecule has 0 radical (unpaired) electrons. The van der Waals surface area contributed by atoms with E-state index in [1.54, 1.807) is 0 Å². The Morgan fingerprint density at radius 2 is 1.58 bits per heavy atom. The van der Waals surface area contributed by atoms with E-state index < -0.39 is 0 Å². The van der Waals surface area contributed by atoms with Crippen molar-refractivity contribution in [2.75, 3.05) is 33.0 Å². The molecule has 0 aromatic heterocycles. The van der Waals surface area contributed by atoms with Crippen molar-refractivity contribution in [3.05, 3.63) is 77.9 Å². The summed E-state index contributed by atoms with van der Waals surface area (Å²) >= 11 is 1.81. The molecule has 0 aliphatic carbocycles. The van der Waals surface area contributed by atoms with Crippen LogP contribution in [0.25, 0.3) is 0 Å². The lowest BCUT2D eigenvalue weighted by molar-refractivity contribution is 0.172. The maximum atomic E-state index is 5.53. The molecule has 5 nitrogen and oxygen atoms in total. The largest absolute Gasteiger partial charge is 0.454 e. The Hall–Kier alpha value is -2.96. The standard InChI is InChI=1S/C25H23N3O2S/c1-3-7-23-19(5-1)25(26-20-6-2-4-8-24(20)31-23)28-13-11-27(12-14-28)16-18-9-10-21-22(15-18)30-17-29-21/h1-10,15H,11-14,16-17H2. The van der Waals surface area contributed by atoms with E-state index in [0.29, 0.717) is 6.79 Å². The van der Waals surface area contributed by atoms with Crippen molar-refractivity contribution >= 4 is 23.3 Å². The third-order valence-electron chi connectivity index (χ3n) is 5.95. The molecule has 0 saturated carbocycles. The number of para-hydroxylation sites is 1. The number of fused-ring (bicyclic) bond motifs is 3. The smallest absolute Gasteiger partial charge is 0.231 e. The van der Waals surface area contributed by atoms with Gasteiger partial charge in [0.25, 0.3) is 0 Å². The Balaban J connectivity index is 1.21. The fourth-order valence-electron chi connectivity index (χ4n) is 4.33. The van der Waals surface area contributed by atoms with Gasteiger partial charge < -0.3 is 14.4 Å². The van der Waals surface area contributed by atoms with E-state index in [1.807, 2.05) is 17.8 Å². The number of hydrogen-bond acceptors (Lipinski definition) is 6. The van der Waals surface area contributed by atoms with Gasteiger partial charge in [-0.1, -0.05) is 48.2 Å². The van der Waals surface area contributed by atoms with Crippen molar-refractivity contribution in [2.24, 2.45) is 4.99 Å². The van der Waals surface area contributed by atoms with Crippen LogP contribution in [0, 0.1) is 0 Å². The van der Waals surface area contributed by atoms with Crippen LogP contribution in [0.15, 0.2) is 81.5 Å². The summed E-state index contributed by atoms with van der Waals surface area (Å²) in [5.41, 5.74) is 3.55. The van der Waals surface area contributed by atoms with Gasteiger partial charge in [-0.15, -0.1) is 0 Å². The van der Waals surface area contributed by atoms with Crippen LogP contribution < -0.4 is 9.47 Å². The molecule has 0 spiro atoms. The zero-order chi connectivity index (χ0) is 20.6. The summed E-state index contributed by atoms with van der Waals surface area (Å²) in [6, 6.07) is 23.3. The molecule has 0 N–H and O–H groups in total. The molecule has 3 heterocycles. The highest BCUT2D eigenvalue weighted by molar-refractivity contribution is 7.99. The lowest BCUT2D eigenvalue weighted by Crippen LogP contribution is -2.48. The highest BCUT2D eigenvalue weighted by Gasteiger charge is 2.25. The molecule has 156 valence electrons. The summed E-state index contributed by atoms with van der Waals surface area (Å²) in [5.74, 6) is 2.80. The Kier molecular flexibility index (Phi) is 4.81. The predicted octanol–water partition coefficient (Wildman–Crippen LogP) is 4.78. The van der Waals surface area contributed by atoms with Gasteiger partial charge in [0.2, 0.25) is 6.79 Å². The molecule has 0 bridgehead atoms. The van der Waals surface area contributed by atoms with Gasteiger partial charge in [-0.2, -0.15) is 0 Å². The van der Waals surface area contributed by atoms with Crippen LogP contribution in [0.2, 0.25) is 0 Å². The van der Waals surface area contributed by atoms with Gasteiger partial charge in [-0.3, -0.25) is 4.90 Å². The van der Waals surface area contributed by atoms with Crippen LogP contribution in [0.3, 0.4) is 0 Å². The number of amidine groups is 1. The van der Waals surface area contributed by atoms with E-state index in [0.717, 1.165) is 55.7 Å². The molecule has 0 atom stereocenters. The van der Waals surface area contributed by atoms with Gasteiger partial charge in [0.1, 0.15) is 5.84 Å². The number of benzene rings is 3. The van der Waals surface area contributed by atoms with Crippen LogP contribution >= 0.6 is 11.8 Å². The predicted molar refractivity (Wildman–Crippen MR) is 123 cm³/mol. The third kappa shape index (κ3) is 3.66. The van der Waals surface area contributed by atoms with Gasteiger partial charge in [-0.25, -0.2) is 4.99 Å². The molecule has 3 aromatic carbocycles. The lowest BCUT2D eigenvalue weighted by Gasteiger charge is -2.36. The zero-order valence-corrected chi connectivity index (χ0v) is 18.0. The number of rotatable bonds is 2. The second-order valence-corrected chi connectivity index (χ2v) is 9.04. The molecule has 3 aliphatic rings. The van der Waals surface area contributed by atoms with Crippen LogP contribution in [-0.2, 0) is 6.54 Å². The lowest BCUT2D eigenvalue weighted by atomic mass is 10.1. The Bertz CT molecular complexity index is 1160. The van der Waals surface area contributed by atoms with E-state index in [1.165, 1.54) is 20.9 Å². The van der Waals surface area contributed by atoms with E-state index in [2.05, 4.69) is 70.5 Å². The van der Waals surface area contributed by atoms with E-state index in [-0.39, 0.29) is 0 Å². The molecular formula is C25H23N3O2S. The normalized spacial score (nSPS) is 17.5. The molecule has 1 saturated heterocycles. The molecule has 0 amide bonds. The van der Waals surface area contributed by atoms with Crippen LogP contribution in [0.4, 0.5) is 5.69 Å². The van der Waals surface area contributed by atoms with E-state index >= 15 is 0 Å². The first-order valence-electron chi connectivity index (χ1n) is 10.6. The summed E-state index contributed by atoms with van der Waals surface area (Å²) in [6.45, 7) is 5.18. The van der Waals surface area contributed by atoms with Crippen molar-refractivity contribution in [3.63, 3.8) is 0 Å². The van der Waals surface area contributed by atoms with Crippen LogP contribution in [0.1, 0.15) is 11.1 Å². The van der Waals surface area contributed by atoms with Crippen molar-refractivity contribution in [3.8, 4) is 11.5 Å². The number of ether oxygens (including phenoxy) is 2. The Morgan fingerprint density at radius 1 is 0.806 bits per heavy atom. The molecule has 0 unspecified atom stereocenters. The minimum Gasteiger partial charge on any atom is -0.454 e. The SMILES string of the molecule is c1ccc2c(c1)N=C(N1CCN(Cc3ccc4c(c3)OCO4)CC1)c1ccccc1S2. The topological polar surface area (TPSA) is 37.3 Å². The van der Waals surface area contributed by atoms with Crippen LogP contribution in [-0.4, -0.2) is 48.6 Å². The zero-order valence-electron chi connectivity index (χ0n) is 17.2. The summed E-state index contributed by atoms with van der Waals surface area (Å²) in [5, 5.41) is 0. The minimum atomic E-state index is 0.322. The van der Waals surface area contributed by atoms with Gasteiger partial charge in [0.05, 0.1) is 5.69 Å². The Labute approximate surface area is 186 Å². The maximum absolute atomic E-state index is 5.53. The Morgan fingerprint density at radius 3 is 2.48 bits per heavy atom. The molecular weight excluding hydrogens is 406 g/mol. The van der Waals surface area contributed by atoms with Crippen molar-refractivity contribution in [1.29, 1.82) is 0 Å². The average molecular weight is 430 g/mol. The van der Waals surface area contributed by atoms with E-state index in [9.17, 15) is 0 Å². The van der Waals surface area contributed by atoms with Gasteiger partial charge in [0.15, 0.2) is 11.5 Å². The molecule has 3 aromatic rings. The monoisotopic (exact) mass is 429 g/mol. The first kappa shape index (κ1) is 18.8. The maximum Gasteiger partial charge on any atom is 0.231 e. The first-order chi connectivity index (χ1) is 15.3. The fraction of sp³-hybridized carbons (Fsp3) is 0.240. The summed E-state index contributed by atoms with van der Waals surface area (Å²) in [6.07, 6.45) is 0. The van der Waals surface area contributed by atoms with E-state index in [4.69, 9.17) is 14.5 Å². The van der Waals surface area contributed by atoms with Gasteiger partial charge >= 0.3 is 0 Å². The van der Waals surface area contributed by atoms with Gasteiger partial charge in [-0.05, 0) is 35.9 Å². The molecule has 31 heavy (non-hydrogen) atoms. The quantitative estimate of drug-likeness (QED) is 0.586. The number of aliphatic imine (C=N–C) groups is 1. The molecule has 6 rings (SSSR count). The van der Waals surface area contributed by atoms with Crippen molar-refractivity contribution in [1.82, 2.24) is 9.80 Å². The third-order valence-corrected chi connectivity index (χ3v) is 7.10. The number of piperazine rings is 1. The molecule has 3 aliphatic heterocycles.